The van der Waals surface area contributed by atoms with Crippen molar-refractivity contribution in [1.29, 1.82) is 0 Å². The number of ether oxygens (including phenoxy) is 1. The molecule has 3 aromatic rings. The zero-order chi connectivity index (χ0) is 19.7. The number of rotatable bonds is 4. The SMILES string of the molecule is COC(=O)[C@@H]1Cc2c([nH]c3ccccc23)[C@@H](CCc2ccccc2)N1C(C)=O. The van der Waals surface area contributed by atoms with E-state index in [1.165, 1.54) is 19.6 Å². The minimum Gasteiger partial charge on any atom is -0.467 e. The molecule has 0 saturated heterocycles. The van der Waals surface area contributed by atoms with Crippen molar-refractivity contribution < 1.29 is 14.3 Å². The number of aromatic amines is 1. The van der Waals surface area contributed by atoms with Gasteiger partial charge in [-0.1, -0.05) is 48.5 Å². The van der Waals surface area contributed by atoms with Crippen LogP contribution in [-0.2, 0) is 27.2 Å². The highest BCUT2D eigenvalue weighted by molar-refractivity contribution is 5.89. The van der Waals surface area contributed by atoms with E-state index >= 15 is 0 Å². The molecule has 0 bridgehead atoms. The Hall–Kier alpha value is -3.08. The molecule has 1 aromatic heterocycles. The summed E-state index contributed by atoms with van der Waals surface area (Å²) in [6, 6.07) is 17.5. The zero-order valence-corrected chi connectivity index (χ0v) is 16.1. The molecule has 1 aliphatic heterocycles. The third kappa shape index (κ3) is 3.17. The Morgan fingerprint density at radius 2 is 1.82 bits per heavy atom. The molecule has 5 nitrogen and oxygen atoms in total. The largest absolute Gasteiger partial charge is 0.467 e. The number of aromatic nitrogens is 1. The lowest BCUT2D eigenvalue weighted by Gasteiger charge is -2.40. The number of methoxy groups -OCH3 is 1. The maximum atomic E-state index is 12.6. The van der Waals surface area contributed by atoms with Crippen LogP contribution in [0.4, 0.5) is 0 Å². The van der Waals surface area contributed by atoms with Gasteiger partial charge in [-0.15, -0.1) is 0 Å². The Kier molecular flexibility index (Phi) is 4.90. The summed E-state index contributed by atoms with van der Waals surface area (Å²) in [7, 11) is 1.38. The molecule has 2 aromatic carbocycles. The van der Waals surface area contributed by atoms with E-state index in [2.05, 4.69) is 23.2 Å². The number of nitrogens with zero attached hydrogens (tertiary/aromatic N) is 1. The normalized spacial score (nSPS) is 18.7. The Morgan fingerprint density at radius 1 is 1.11 bits per heavy atom. The minimum absolute atomic E-state index is 0.113. The van der Waals surface area contributed by atoms with E-state index in [1.807, 2.05) is 36.4 Å². The average Bonchev–Trinajstić information content (AvgIpc) is 3.10. The standard InChI is InChI=1S/C23H24N2O3/c1-15(26)25-20(13-12-16-8-4-3-5-9-16)22-18(14-21(25)23(27)28-2)17-10-6-7-11-19(17)24-22/h3-11,20-21,24H,12-14H2,1-2H3/t20-,21+/m1/s1. The summed E-state index contributed by atoms with van der Waals surface area (Å²) in [6.07, 6.45) is 2.02. The zero-order valence-electron chi connectivity index (χ0n) is 16.1. The third-order valence-electron chi connectivity index (χ3n) is 5.64. The van der Waals surface area contributed by atoms with Crippen molar-refractivity contribution in [2.24, 2.45) is 0 Å². The topological polar surface area (TPSA) is 62.4 Å². The van der Waals surface area contributed by atoms with Gasteiger partial charge in [-0.2, -0.15) is 0 Å². The second-order valence-electron chi connectivity index (χ2n) is 7.27. The predicted molar refractivity (Wildman–Crippen MR) is 108 cm³/mol. The van der Waals surface area contributed by atoms with E-state index in [0.29, 0.717) is 6.42 Å². The van der Waals surface area contributed by atoms with Crippen LogP contribution in [-0.4, -0.2) is 34.9 Å². The van der Waals surface area contributed by atoms with E-state index in [4.69, 9.17) is 4.74 Å². The van der Waals surface area contributed by atoms with Crippen molar-refractivity contribution in [2.45, 2.75) is 38.3 Å². The van der Waals surface area contributed by atoms with Crippen molar-refractivity contribution in [3.05, 3.63) is 71.4 Å². The molecule has 0 fully saturated rings. The number of carbonyl (C=O) groups excluding carboxylic acids is 2. The van der Waals surface area contributed by atoms with Crippen LogP contribution in [0, 0.1) is 0 Å². The van der Waals surface area contributed by atoms with Crippen LogP contribution in [0.2, 0.25) is 0 Å². The summed E-state index contributed by atoms with van der Waals surface area (Å²) in [5, 5.41) is 1.11. The van der Waals surface area contributed by atoms with Gasteiger partial charge < -0.3 is 14.6 Å². The monoisotopic (exact) mass is 376 g/mol. The van der Waals surface area contributed by atoms with Crippen molar-refractivity contribution in [2.75, 3.05) is 7.11 Å². The van der Waals surface area contributed by atoms with E-state index in [0.717, 1.165) is 35.0 Å². The minimum atomic E-state index is -0.602. The first-order chi connectivity index (χ1) is 13.6. The second kappa shape index (κ2) is 7.50. The van der Waals surface area contributed by atoms with Gasteiger partial charge >= 0.3 is 5.97 Å². The molecule has 2 atom stereocenters. The van der Waals surface area contributed by atoms with Crippen LogP contribution in [0.25, 0.3) is 10.9 Å². The molecule has 1 N–H and O–H groups in total. The quantitative estimate of drug-likeness (QED) is 0.705. The number of aryl methyl sites for hydroxylation is 1. The lowest BCUT2D eigenvalue weighted by Crippen LogP contribution is -2.51. The molecule has 5 heteroatoms. The molecule has 0 spiro atoms. The fourth-order valence-corrected chi connectivity index (χ4v) is 4.38. The van der Waals surface area contributed by atoms with Crippen molar-refractivity contribution >= 4 is 22.8 Å². The fourth-order valence-electron chi connectivity index (χ4n) is 4.38. The number of para-hydroxylation sites is 1. The highest BCUT2D eigenvalue weighted by Gasteiger charge is 2.41. The molecule has 4 rings (SSSR count). The Balaban J connectivity index is 1.79. The summed E-state index contributed by atoms with van der Waals surface area (Å²) < 4.78 is 5.04. The number of carbonyl (C=O) groups is 2. The fraction of sp³-hybridized carbons (Fsp3) is 0.304. The molecule has 2 heterocycles. The smallest absolute Gasteiger partial charge is 0.328 e. The third-order valence-corrected chi connectivity index (χ3v) is 5.64. The molecular weight excluding hydrogens is 352 g/mol. The molecule has 144 valence electrons. The summed E-state index contributed by atoms with van der Waals surface area (Å²) in [5.41, 5.74) is 4.39. The average molecular weight is 376 g/mol. The van der Waals surface area contributed by atoms with Gasteiger partial charge in [-0.3, -0.25) is 4.79 Å². The predicted octanol–water partition coefficient (Wildman–Crippen LogP) is 3.79. The first-order valence-corrected chi connectivity index (χ1v) is 9.60. The number of esters is 1. The number of nitrogens with one attached hydrogen (secondary N) is 1. The van der Waals surface area contributed by atoms with Crippen LogP contribution < -0.4 is 0 Å². The number of hydrogen-bond acceptors (Lipinski definition) is 3. The molecular formula is C23H24N2O3. The summed E-state index contributed by atoms with van der Waals surface area (Å²) in [4.78, 5) is 30.3. The summed E-state index contributed by atoms with van der Waals surface area (Å²) in [5.74, 6) is -0.478. The van der Waals surface area contributed by atoms with Crippen molar-refractivity contribution in [3.63, 3.8) is 0 Å². The lowest BCUT2D eigenvalue weighted by atomic mass is 9.88. The van der Waals surface area contributed by atoms with E-state index < -0.39 is 6.04 Å². The first-order valence-electron chi connectivity index (χ1n) is 9.60. The molecule has 28 heavy (non-hydrogen) atoms. The highest BCUT2D eigenvalue weighted by Crippen LogP contribution is 2.39. The molecule has 0 aliphatic carbocycles. The number of benzene rings is 2. The Bertz CT molecular complexity index is 1010. The van der Waals surface area contributed by atoms with E-state index in [1.54, 1.807) is 4.90 Å². The van der Waals surface area contributed by atoms with Crippen LogP contribution in [0.3, 0.4) is 0 Å². The van der Waals surface area contributed by atoms with Crippen LogP contribution in [0.5, 0.6) is 0 Å². The maximum absolute atomic E-state index is 12.6. The van der Waals surface area contributed by atoms with Crippen LogP contribution >= 0.6 is 0 Å². The van der Waals surface area contributed by atoms with Gasteiger partial charge in [0, 0.05) is 29.9 Å². The van der Waals surface area contributed by atoms with Gasteiger partial charge in [0.15, 0.2) is 0 Å². The Labute approximate surface area is 164 Å². The first kappa shape index (κ1) is 18.3. The van der Waals surface area contributed by atoms with Gasteiger partial charge in [0.1, 0.15) is 6.04 Å². The number of hydrogen-bond donors (Lipinski definition) is 1. The lowest BCUT2D eigenvalue weighted by molar-refractivity contribution is -0.155. The van der Waals surface area contributed by atoms with Crippen molar-refractivity contribution in [1.82, 2.24) is 9.88 Å². The summed E-state index contributed by atoms with van der Waals surface area (Å²) in [6.45, 7) is 1.53. The molecule has 1 amide bonds. The molecule has 0 unspecified atom stereocenters. The van der Waals surface area contributed by atoms with Gasteiger partial charge in [0.2, 0.25) is 5.91 Å². The molecule has 0 saturated carbocycles. The van der Waals surface area contributed by atoms with E-state index in [9.17, 15) is 9.59 Å². The number of amides is 1. The van der Waals surface area contributed by atoms with Gasteiger partial charge in [0.05, 0.1) is 13.2 Å². The second-order valence-corrected chi connectivity index (χ2v) is 7.27. The Morgan fingerprint density at radius 3 is 2.54 bits per heavy atom. The number of fused-ring (bicyclic) bond motifs is 3. The van der Waals surface area contributed by atoms with Gasteiger partial charge in [-0.25, -0.2) is 4.79 Å². The molecule has 0 radical (unpaired) electrons. The highest BCUT2D eigenvalue weighted by atomic mass is 16.5. The molecule has 1 aliphatic rings. The van der Waals surface area contributed by atoms with Crippen LogP contribution in [0.15, 0.2) is 54.6 Å². The van der Waals surface area contributed by atoms with Gasteiger partial charge in [-0.05, 0) is 30.0 Å². The van der Waals surface area contributed by atoms with Crippen LogP contribution in [0.1, 0.15) is 36.2 Å². The number of H-pyrrole nitrogens is 1. The van der Waals surface area contributed by atoms with Gasteiger partial charge in [0.25, 0.3) is 0 Å². The van der Waals surface area contributed by atoms with E-state index in [-0.39, 0.29) is 17.9 Å². The maximum Gasteiger partial charge on any atom is 0.328 e. The van der Waals surface area contributed by atoms with Crippen molar-refractivity contribution in [3.8, 4) is 0 Å². The summed E-state index contributed by atoms with van der Waals surface area (Å²) >= 11 is 0.